The summed E-state index contributed by atoms with van der Waals surface area (Å²) in [5.41, 5.74) is 3.12. The quantitative estimate of drug-likeness (QED) is 0.603. The fourth-order valence-electron chi connectivity index (χ4n) is 3.67. The van der Waals surface area contributed by atoms with Crippen molar-refractivity contribution in [3.05, 3.63) is 58.9 Å². The lowest BCUT2D eigenvalue weighted by Gasteiger charge is -2.37. The Hall–Kier alpha value is -2.86. The van der Waals surface area contributed by atoms with Gasteiger partial charge in [-0.3, -0.25) is 0 Å². The molecule has 0 atom stereocenters. The van der Waals surface area contributed by atoms with E-state index in [-0.39, 0.29) is 5.82 Å². The monoisotopic (exact) mass is 410 g/mol. The van der Waals surface area contributed by atoms with E-state index in [2.05, 4.69) is 26.7 Å². The van der Waals surface area contributed by atoms with Crippen LogP contribution in [0, 0.1) is 6.92 Å². The van der Waals surface area contributed by atoms with Crippen LogP contribution in [0.4, 0.5) is 11.5 Å². The first kappa shape index (κ1) is 19.5. The molecule has 7 heteroatoms. The summed E-state index contributed by atoms with van der Waals surface area (Å²) in [6.07, 6.45) is 0. The molecule has 0 N–H and O–H groups in total. The number of para-hydroxylation sites is 1. The first-order chi connectivity index (χ1) is 14.1. The van der Waals surface area contributed by atoms with Crippen molar-refractivity contribution in [1.82, 2.24) is 9.97 Å². The second-order valence-electron chi connectivity index (χ2n) is 7.01. The van der Waals surface area contributed by atoms with Gasteiger partial charge in [0.1, 0.15) is 5.82 Å². The van der Waals surface area contributed by atoms with Gasteiger partial charge in [-0.15, -0.1) is 0 Å². The van der Waals surface area contributed by atoms with Gasteiger partial charge in [-0.05, 0) is 43.7 Å². The minimum absolute atomic E-state index is 0.105. The summed E-state index contributed by atoms with van der Waals surface area (Å²) >= 11 is 6.20. The lowest BCUT2D eigenvalue weighted by atomic mass is 10.1. The van der Waals surface area contributed by atoms with E-state index in [9.17, 15) is 4.79 Å². The van der Waals surface area contributed by atoms with Crippen LogP contribution in [0.25, 0.3) is 10.9 Å². The molecule has 0 saturated carbocycles. The Morgan fingerprint density at radius 1 is 1.07 bits per heavy atom. The predicted molar refractivity (Wildman–Crippen MR) is 116 cm³/mol. The highest BCUT2D eigenvalue weighted by Gasteiger charge is 2.23. The van der Waals surface area contributed by atoms with Crippen LogP contribution in [0.1, 0.15) is 23.1 Å². The number of aromatic nitrogens is 2. The molecule has 4 rings (SSSR count). The molecular formula is C22H23ClN4O2. The number of ether oxygens (including phenoxy) is 1. The minimum Gasteiger partial charge on any atom is -0.460 e. The Balaban J connectivity index is 1.62. The smallest absolute Gasteiger partial charge is 0.376 e. The summed E-state index contributed by atoms with van der Waals surface area (Å²) in [5.74, 6) is 0.391. The SMILES string of the molecule is CCOC(=O)c1nc(N2CCN(c3cc(Cl)ccc3C)CC2)c2ccccc2n1. The van der Waals surface area contributed by atoms with E-state index >= 15 is 0 Å². The van der Waals surface area contributed by atoms with Crippen molar-refractivity contribution in [2.24, 2.45) is 0 Å². The van der Waals surface area contributed by atoms with Crippen LogP contribution < -0.4 is 9.80 Å². The Morgan fingerprint density at radius 2 is 1.79 bits per heavy atom. The highest BCUT2D eigenvalue weighted by molar-refractivity contribution is 6.30. The van der Waals surface area contributed by atoms with E-state index in [1.807, 2.05) is 42.5 Å². The van der Waals surface area contributed by atoms with Crippen LogP contribution in [-0.2, 0) is 4.74 Å². The second kappa shape index (κ2) is 8.25. The average molecular weight is 411 g/mol. The zero-order valence-corrected chi connectivity index (χ0v) is 17.3. The van der Waals surface area contributed by atoms with Crippen LogP contribution in [0.3, 0.4) is 0 Å². The molecule has 1 aliphatic rings. The molecule has 150 valence electrons. The van der Waals surface area contributed by atoms with E-state index in [1.165, 1.54) is 5.56 Å². The summed E-state index contributed by atoms with van der Waals surface area (Å²) in [7, 11) is 0. The first-order valence-electron chi connectivity index (χ1n) is 9.76. The van der Waals surface area contributed by atoms with Gasteiger partial charge in [0, 0.05) is 42.3 Å². The van der Waals surface area contributed by atoms with Gasteiger partial charge in [0.15, 0.2) is 0 Å². The maximum atomic E-state index is 12.2. The van der Waals surface area contributed by atoms with Gasteiger partial charge in [-0.1, -0.05) is 29.8 Å². The Bertz CT molecular complexity index is 1050. The molecule has 29 heavy (non-hydrogen) atoms. The Kier molecular flexibility index (Phi) is 5.53. The highest BCUT2D eigenvalue weighted by Crippen LogP contribution is 2.28. The first-order valence-corrected chi connectivity index (χ1v) is 10.1. The molecule has 1 aromatic heterocycles. The van der Waals surface area contributed by atoms with E-state index in [1.54, 1.807) is 6.92 Å². The zero-order chi connectivity index (χ0) is 20.4. The number of piperazine rings is 1. The molecule has 0 spiro atoms. The number of carbonyl (C=O) groups excluding carboxylic acids is 1. The maximum Gasteiger partial charge on any atom is 0.376 e. The summed E-state index contributed by atoms with van der Waals surface area (Å²) < 4.78 is 5.12. The zero-order valence-electron chi connectivity index (χ0n) is 16.6. The third-order valence-corrected chi connectivity index (χ3v) is 5.37. The molecular weight excluding hydrogens is 388 g/mol. The number of rotatable bonds is 4. The van der Waals surface area contributed by atoms with Gasteiger partial charge in [0.25, 0.3) is 0 Å². The average Bonchev–Trinajstić information content (AvgIpc) is 2.75. The number of hydrogen-bond donors (Lipinski definition) is 0. The van der Waals surface area contributed by atoms with E-state index in [0.717, 1.165) is 53.6 Å². The lowest BCUT2D eigenvalue weighted by Crippen LogP contribution is -2.47. The Morgan fingerprint density at radius 3 is 2.55 bits per heavy atom. The number of hydrogen-bond acceptors (Lipinski definition) is 6. The molecule has 1 fully saturated rings. The van der Waals surface area contributed by atoms with Crippen LogP contribution in [-0.4, -0.2) is 48.7 Å². The van der Waals surface area contributed by atoms with Crippen LogP contribution >= 0.6 is 11.6 Å². The van der Waals surface area contributed by atoms with Crippen LogP contribution in [0.5, 0.6) is 0 Å². The molecule has 2 heterocycles. The van der Waals surface area contributed by atoms with Crippen molar-refractivity contribution in [3.63, 3.8) is 0 Å². The molecule has 0 unspecified atom stereocenters. The molecule has 0 bridgehead atoms. The number of fused-ring (bicyclic) bond motifs is 1. The summed E-state index contributed by atoms with van der Waals surface area (Å²) in [5, 5.41) is 1.68. The largest absolute Gasteiger partial charge is 0.460 e. The van der Waals surface area contributed by atoms with Crippen molar-refractivity contribution in [2.75, 3.05) is 42.6 Å². The van der Waals surface area contributed by atoms with Crippen molar-refractivity contribution in [3.8, 4) is 0 Å². The number of carbonyl (C=O) groups is 1. The molecule has 2 aromatic carbocycles. The summed E-state index contributed by atoms with van der Waals surface area (Å²) in [6, 6.07) is 13.8. The molecule has 3 aromatic rings. The normalized spacial score (nSPS) is 14.3. The Labute approximate surface area is 175 Å². The molecule has 0 radical (unpaired) electrons. The van der Waals surface area contributed by atoms with E-state index in [4.69, 9.17) is 16.3 Å². The topological polar surface area (TPSA) is 58.6 Å². The fourth-order valence-corrected chi connectivity index (χ4v) is 3.84. The van der Waals surface area contributed by atoms with Gasteiger partial charge in [-0.2, -0.15) is 0 Å². The lowest BCUT2D eigenvalue weighted by molar-refractivity contribution is 0.0512. The molecule has 0 aliphatic carbocycles. The van der Waals surface area contributed by atoms with Gasteiger partial charge in [0.05, 0.1) is 12.1 Å². The highest BCUT2D eigenvalue weighted by atomic mass is 35.5. The number of aryl methyl sites for hydroxylation is 1. The summed E-state index contributed by atoms with van der Waals surface area (Å²) in [4.78, 5) is 25.8. The van der Waals surface area contributed by atoms with Crippen molar-refractivity contribution in [1.29, 1.82) is 0 Å². The number of benzene rings is 2. The number of nitrogens with zero attached hydrogens (tertiary/aromatic N) is 4. The van der Waals surface area contributed by atoms with Crippen molar-refractivity contribution < 1.29 is 9.53 Å². The van der Waals surface area contributed by atoms with E-state index in [0.29, 0.717) is 6.61 Å². The minimum atomic E-state index is -0.493. The molecule has 6 nitrogen and oxygen atoms in total. The third-order valence-electron chi connectivity index (χ3n) is 5.13. The molecule has 0 amide bonds. The third kappa shape index (κ3) is 3.98. The number of anilines is 2. The van der Waals surface area contributed by atoms with Gasteiger partial charge >= 0.3 is 5.97 Å². The molecule has 1 saturated heterocycles. The number of halogens is 1. The van der Waals surface area contributed by atoms with Gasteiger partial charge in [0.2, 0.25) is 5.82 Å². The van der Waals surface area contributed by atoms with Crippen molar-refractivity contribution >= 4 is 40.0 Å². The van der Waals surface area contributed by atoms with E-state index < -0.39 is 5.97 Å². The summed E-state index contributed by atoms with van der Waals surface area (Å²) in [6.45, 7) is 7.42. The maximum absolute atomic E-state index is 12.2. The van der Waals surface area contributed by atoms with Crippen LogP contribution in [0.2, 0.25) is 5.02 Å². The standard InChI is InChI=1S/C22H23ClN4O2/c1-3-29-22(28)20-24-18-7-5-4-6-17(18)21(25-20)27-12-10-26(11-13-27)19-14-16(23)9-8-15(19)2/h4-9,14H,3,10-13H2,1-2H3. The number of esters is 1. The fraction of sp³-hybridized carbons (Fsp3) is 0.318. The predicted octanol–water partition coefficient (Wildman–Crippen LogP) is 4.09. The van der Waals surface area contributed by atoms with Crippen molar-refractivity contribution in [2.45, 2.75) is 13.8 Å². The van der Waals surface area contributed by atoms with Gasteiger partial charge in [-0.25, -0.2) is 14.8 Å². The second-order valence-corrected chi connectivity index (χ2v) is 7.45. The molecule has 1 aliphatic heterocycles. The van der Waals surface area contributed by atoms with Crippen LogP contribution in [0.15, 0.2) is 42.5 Å². The van der Waals surface area contributed by atoms with Gasteiger partial charge < -0.3 is 14.5 Å².